The van der Waals surface area contributed by atoms with Crippen LogP contribution in [0.1, 0.15) is 41.0 Å². The fraction of sp³-hybridized carbons (Fsp3) is 0.882. The molecule has 0 aromatic carbocycles. The van der Waals surface area contributed by atoms with Crippen molar-refractivity contribution in [1.29, 1.82) is 0 Å². The Labute approximate surface area is 147 Å². The number of aliphatic imine (C=N–C) groups is 1. The van der Waals surface area contributed by atoms with Crippen molar-refractivity contribution >= 4 is 12.1 Å². The normalized spacial score (nSPS) is 13.0. The van der Waals surface area contributed by atoms with Gasteiger partial charge in [0.15, 0.2) is 5.96 Å². The van der Waals surface area contributed by atoms with Crippen molar-refractivity contribution < 1.29 is 9.53 Å². The van der Waals surface area contributed by atoms with Crippen LogP contribution in [0.15, 0.2) is 4.99 Å². The van der Waals surface area contributed by atoms with Crippen LogP contribution in [0.4, 0.5) is 4.79 Å². The fourth-order valence-corrected chi connectivity index (χ4v) is 2.26. The first-order chi connectivity index (χ1) is 10.9. The molecule has 0 aromatic heterocycles. The Morgan fingerprint density at radius 1 is 1.04 bits per heavy atom. The highest BCUT2D eigenvalue weighted by atomic mass is 16.6. The Kier molecular flexibility index (Phi) is 9.73. The van der Waals surface area contributed by atoms with E-state index < -0.39 is 5.60 Å². The van der Waals surface area contributed by atoms with Crippen LogP contribution in [0, 0.1) is 5.41 Å². The van der Waals surface area contributed by atoms with Crippen LogP contribution in [0.3, 0.4) is 0 Å². The number of nitrogens with zero attached hydrogens (tertiary/aromatic N) is 2. The number of carbonyl (C=O) groups is 1. The van der Waals surface area contributed by atoms with Gasteiger partial charge in [0, 0.05) is 33.2 Å². The predicted octanol–water partition coefficient (Wildman–Crippen LogP) is 1.65. The maximum absolute atomic E-state index is 11.5. The standard InChI is InChI=1S/C17H37N5O2/c1-16(2,3)24-15(23)20-11-9-10-19-14(18-6)21-12-17(4,5)13-22(7)8/h9-13H2,1-8H3,(H,20,23)(H2,18,19,21). The molecule has 0 heterocycles. The minimum absolute atomic E-state index is 0.152. The second kappa shape index (κ2) is 10.4. The van der Waals surface area contributed by atoms with E-state index in [1.807, 2.05) is 20.8 Å². The van der Waals surface area contributed by atoms with Gasteiger partial charge < -0.3 is 25.6 Å². The Morgan fingerprint density at radius 2 is 1.62 bits per heavy atom. The minimum Gasteiger partial charge on any atom is -0.444 e. The summed E-state index contributed by atoms with van der Waals surface area (Å²) < 4.78 is 5.18. The first-order valence-corrected chi connectivity index (χ1v) is 8.51. The molecule has 0 radical (unpaired) electrons. The molecule has 0 aliphatic rings. The first kappa shape index (κ1) is 22.5. The molecule has 0 aromatic rings. The average molecular weight is 344 g/mol. The Bertz CT molecular complexity index is 400. The fourth-order valence-electron chi connectivity index (χ4n) is 2.26. The zero-order chi connectivity index (χ0) is 18.8. The van der Waals surface area contributed by atoms with Crippen LogP contribution in [-0.2, 0) is 4.74 Å². The van der Waals surface area contributed by atoms with Crippen molar-refractivity contribution in [2.75, 3.05) is 47.3 Å². The van der Waals surface area contributed by atoms with Crippen molar-refractivity contribution in [3.8, 4) is 0 Å². The summed E-state index contributed by atoms with van der Waals surface area (Å²) in [4.78, 5) is 17.9. The van der Waals surface area contributed by atoms with Crippen molar-refractivity contribution in [1.82, 2.24) is 20.9 Å². The molecule has 0 bridgehead atoms. The van der Waals surface area contributed by atoms with Gasteiger partial charge in [-0.15, -0.1) is 0 Å². The lowest BCUT2D eigenvalue weighted by atomic mass is 9.93. The molecular formula is C17H37N5O2. The molecule has 0 saturated heterocycles. The van der Waals surface area contributed by atoms with E-state index in [0.29, 0.717) is 6.54 Å². The number of hydrogen-bond acceptors (Lipinski definition) is 4. The SMILES string of the molecule is CN=C(NCCCNC(=O)OC(C)(C)C)NCC(C)(C)CN(C)C. The van der Waals surface area contributed by atoms with E-state index in [1.54, 1.807) is 7.05 Å². The molecule has 0 aliphatic heterocycles. The summed E-state index contributed by atoms with van der Waals surface area (Å²) in [6.07, 6.45) is 0.413. The van der Waals surface area contributed by atoms with Crippen LogP contribution in [0.2, 0.25) is 0 Å². The van der Waals surface area contributed by atoms with Crippen LogP contribution in [-0.4, -0.2) is 69.9 Å². The molecule has 3 N–H and O–H groups in total. The third-order valence-electron chi connectivity index (χ3n) is 3.02. The summed E-state index contributed by atoms with van der Waals surface area (Å²) in [5.74, 6) is 0.777. The van der Waals surface area contributed by atoms with E-state index in [1.165, 1.54) is 0 Å². The quantitative estimate of drug-likeness (QED) is 0.355. The van der Waals surface area contributed by atoms with Gasteiger partial charge in [-0.3, -0.25) is 4.99 Å². The number of rotatable bonds is 8. The second-order valence-electron chi connectivity index (χ2n) is 8.04. The number of amides is 1. The molecule has 0 fully saturated rings. The molecule has 1 amide bonds. The lowest BCUT2D eigenvalue weighted by Gasteiger charge is -2.29. The molecule has 142 valence electrons. The number of ether oxygens (including phenoxy) is 1. The maximum Gasteiger partial charge on any atom is 0.407 e. The van der Waals surface area contributed by atoms with Gasteiger partial charge in [-0.2, -0.15) is 0 Å². The second-order valence-corrected chi connectivity index (χ2v) is 8.04. The van der Waals surface area contributed by atoms with Gasteiger partial charge in [-0.1, -0.05) is 13.8 Å². The number of hydrogen-bond donors (Lipinski definition) is 3. The summed E-state index contributed by atoms with van der Waals surface area (Å²) >= 11 is 0. The van der Waals surface area contributed by atoms with Crippen LogP contribution < -0.4 is 16.0 Å². The van der Waals surface area contributed by atoms with Gasteiger partial charge in [-0.05, 0) is 46.7 Å². The van der Waals surface area contributed by atoms with E-state index in [2.05, 4.69) is 53.8 Å². The maximum atomic E-state index is 11.5. The van der Waals surface area contributed by atoms with Crippen molar-refractivity contribution in [2.45, 2.75) is 46.6 Å². The van der Waals surface area contributed by atoms with E-state index >= 15 is 0 Å². The molecule has 0 rings (SSSR count). The summed E-state index contributed by atoms with van der Waals surface area (Å²) in [7, 11) is 5.91. The molecule has 7 heteroatoms. The van der Waals surface area contributed by atoms with Crippen LogP contribution in [0.25, 0.3) is 0 Å². The molecular weight excluding hydrogens is 306 g/mol. The molecule has 0 unspecified atom stereocenters. The van der Waals surface area contributed by atoms with Gasteiger partial charge in [0.2, 0.25) is 0 Å². The number of alkyl carbamates (subject to hydrolysis) is 1. The van der Waals surface area contributed by atoms with Gasteiger partial charge >= 0.3 is 6.09 Å². The summed E-state index contributed by atoms with van der Waals surface area (Å²) in [6.45, 7) is 13.1. The lowest BCUT2D eigenvalue weighted by Crippen LogP contribution is -2.45. The zero-order valence-corrected chi connectivity index (χ0v) is 16.7. The zero-order valence-electron chi connectivity index (χ0n) is 16.7. The van der Waals surface area contributed by atoms with Gasteiger partial charge in [0.05, 0.1) is 0 Å². The van der Waals surface area contributed by atoms with Crippen molar-refractivity contribution in [3.63, 3.8) is 0 Å². The molecule has 0 saturated carbocycles. The highest BCUT2D eigenvalue weighted by Gasteiger charge is 2.19. The summed E-state index contributed by atoms with van der Waals surface area (Å²) in [6, 6.07) is 0. The third kappa shape index (κ3) is 13.0. The molecule has 7 nitrogen and oxygen atoms in total. The minimum atomic E-state index is -0.465. The smallest absolute Gasteiger partial charge is 0.407 e. The number of carbonyl (C=O) groups excluding carboxylic acids is 1. The highest BCUT2D eigenvalue weighted by Crippen LogP contribution is 2.13. The molecule has 24 heavy (non-hydrogen) atoms. The van der Waals surface area contributed by atoms with E-state index in [9.17, 15) is 4.79 Å². The Morgan fingerprint density at radius 3 is 2.12 bits per heavy atom. The lowest BCUT2D eigenvalue weighted by molar-refractivity contribution is 0.0527. The summed E-state index contributed by atoms with van der Waals surface area (Å²) in [5, 5.41) is 9.34. The van der Waals surface area contributed by atoms with E-state index in [0.717, 1.165) is 32.0 Å². The van der Waals surface area contributed by atoms with Crippen LogP contribution >= 0.6 is 0 Å². The third-order valence-corrected chi connectivity index (χ3v) is 3.02. The topological polar surface area (TPSA) is 78.0 Å². The molecule has 0 aliphatic carbocycles. The van der Waals surface area contributed by atoms with Gasteiger partial charge in [-0.25, -0.2) is 4.79 Å². The van der Waals surface area contributed by atoms with E-state index in [4.69, 9.17) is 4.74 Å². The first-order valence-electron chi connectivity index (χ1n) is 8.51. The van der Waals surface area contributed by atoms with E-state index in [-0.39, 0.29) is 11.5 Å². The van der Waals surface area contributed by atoms with Crippen molar-refractivity contribution in [3.05, 3.63) is 0 Å². The monoisotopic (exact) mass is 343 g/mol. The largest absolute Gasteiger partial charge is 0.444 e. The summed E-state index contributed by atoms with van der Waals surface area (Å²) in [5.41, 5.74) is -0.312. The Balaban J connectivity index is 3.94. The average Bonchev–Trinajstić information content (AvgIpc) is 2.38. The Hall–Kier alpha value is -1.50. The van der Waals surface area contributed by atoms with Crippen LogP contribution in [0.5, 0.6) is 0 Å². The van der Waals surface area contributed by atoms with Crippen molar-refractivity contribution in [2.24, 2.45) is 10.4 Å². The predicted molar refractivity (Wildman–Crippen MR) is 101 cm³/mol. The highest BCUT2D eigenvalue weighted by molar-refractivity contribution is 5.79. The molecule has 0 atom stereocenters. The number of nitrogens with one attached hydrogen (secondary N) is 3. The number of guanidine groups is 1. The van der Waals surface area contributed by atoms with Gasteiger partial charge in [0.1, 0.15) is 5.60 Å². The van der Waals surface area contributed by atoms with Gasteiger partial charge in [0.25, 0.3) is 0 Å². The molecule has 0 spiro atoms.